The Morgan fingerprint density at radius 1 is 0.800 bits per heavy atom. The molecule has 0 radical (unpaired) electrons. The Kier molecular flexibility index (Phi) is 5.59. The molecule has 0 saturated heterocycles. The van der Waals surface area contributed by atoms with Crippen LogP contribution in [0, 0.1) is 0 Å². The maximum atomic E-state index is 6.44. The summed E-state index contributed by atoms with van der Waals surface area (Å²) in [5.74, 6) is 0. The molecular weight excluding hydrogens is 446 g/mol. The van der Waals surface area contributed by atoms with Gasteiger partial charge in [0.2, 0.25) is 0 Å². The van der Waals surface area contributed by atoms with Gasteiger partial charge in [-0.05, 0) is 68.3 Å². The smallest absolute Gasteiger partial charge is 0.0601 e. The Morgan fingerprint density at radius 2 is 1.49 bits per heavy atom. The average molecular weight is 474 g/mol. The second-order valence-electron chi connectivity index (χ2n) is 8.95. The second-order valence-corrected chi connectivity index (χ2v) is 10.0. The molecule has 0 saturated carbocycles. The van der Waals surface area contributed by atoms with E-state index < -0.39 is 0 Å². The quantitative estimate of drug-likeness (QED) is 0.274. The van der Waals surface area contributed by atoms with Crippen molar-refractivity contribution in [3.8, 4) is 0 Å². The molecule has 4 aromatic rings. The van der Waals surface area contributed by atoms with Gasteiger partial charge in [-0.1, -0.05) is 71.9 Å². The molecule has 0 bridgehead atoms. The number of hydrogen-bond donors (Lipinski definition) is 2. The molecule has 1 aliphatic heterocycles. The van der Waals surface area contributed by atoms with E-state index in [2.05, 4.69) is 120 Å². The highest BCUT2D eigenvalue weighted by atomic mass is 32.2. The van der Waals surface area contributed by atoms with Crippen LogP contribution in [0.2, 0.25) is 0 Å². The highest BCUT2D eigenvalue weighted by Crippen LogP contribution is 2.51. The molecule has 4 heteroatoms. The molecule has 0 atom stereocenters. The van der Waals surface area contributed by atoms with Crippen LogP contribution >= 0.6 is 11.8 Å². The summed E-state index contributed by atoms with van der Waals surface area (Å²) in [6.45, 7) is 2.19. The number of para-hydroxylation sites is 3. The molecular formula is C31H27N3S. The fourth-order valence-corrected chi connectivity index (χ4v) is 6.03. The average Bonchev–Trinajstić information content (AvgIpc) is 2.88. The number of nitrogens with zero attached hydrogens (tertiary/aromatic N) is 1. The number of anilines is 5. The zero-order chi connectivity index (χ0) is 23.8. The minimum absolute atomic E-state index is 0.871. The van der Waals surface area contributed by atoms with Crippen molar-refractivity contribution in [3.63, 3.8) is 0 Å². The number of benzene rings is 4. The molecule has 2 aliphatic rings. The Hall–Kier alpha value is -3.89. The van der Waals surface area contributed by atoms with Crippen LogP contribution < -0.4 is 16.0 Å². The van der Waals surface area contributed by atoms with Gasteiger partial charge >= 0.3 is 0 Å². The number of fused-ring (bicyclic) bond motifs is 2. The lowest BCUT2D eigenvalue weighted by Gasteiger charge is -2.33. The van der Waals surface area contributed by atoms with Gasteiger partial charge in [0.25, 0.3) is 0 Å². The van der Waals surface area contributed by atoms with Gasteiger partial charge in [-0.15, -0.1) is 0 Å². The van der Waals surface area contributed by atoms with Crippen LogP contribution in [-0.2, 0) is 0 Å². The molecule has 6 rings (SSSR count). The predicted molar refractivity (Wildman–Crippen MR) is 149 cm³/mol. The van der Waals surface area contributed by atoms with Crippen LogP contribution in [0.25, 0.3) is 5.57 Å². The van der Waals surface area contributed by atoms with E-state index in [1.807, 2.05) is 11.8 Å². The monoisotopic (exact) mass is 473 g/mol. The fraction of sp³-hybridized carbons (Fsp3) is 0.0968. The summed E-state index contributed by atoms with van der Waals surface area (Å²) in [7, 11) is 0. The summed E-state index contributed by atoms with van der Waals surface area (Å²) in [5, 5.41) is 3.69. The van der Waals surface area contributed by atoms with E-state index in [0.717, 1.165) is 46.7 Å². The molecule has 0 aromatic heterocycles. The minimum Gasteiger partial charge on any atom is -0.398 e. The summed E-state index contributed by atoms with van der Waals surface area (Å²) < 4.78 is 0. The Bertz CT molecular complexity index is 1440. The first-order valence-corrected chi connectivity index (χ1v) is 12.8. The Balaban J connectivity index is 1.40. The van der Waals surface area contributed by atoms with E-state index in [9.17, 15) is 0 Å². The summed E-state index contributed by atoms with van der Waals surface area (Å²) in [6, 6.07) is 34.3. The maximum Gasteiger partial charge on any atom is 0.0601 e. The van der Waals surface area contributed by atoms with Gasteiger partial charge in [0.15, 0.2) is 0 Å². The van der Waals surface area contributed by atoms with E-state index in [1.54, 1.807) is 0 Å². The van der Waals surface area contributed by atoms with Crippen molar-refractivity contribution in [3.05, 3.63) is 120 Å². The lowest BCUT2D eigenvalue weighted by Crippen LogP contribution is -2.14. The molecule has 0 fully saturated rings. The van der Waals surface area contributed by atoms with Crippen molar-refractivity contribution in [1.82, 2.24) is 0 Å². The van der Waals surface area contributed by atoms with Gasteiger partial charge in [-0.25, -0.2) is 0 Å². The van der Waals surface area contributed by atoms with Gasteiger partial charge < -0.3 is 16.0 Å². The SMILES string of the molecule is CC1=C(c2ccccc2Nc2cccc(N3c4ccccc4Sc4ccccc43)c2)C(N)=CCC1. The zero-order valence-electron chi connectivity index (χ0n) is 19.7. The Labute approximate surface area is 211 Å². The topological polar surface area (TPSA) is 41.3 Å². The summed E-state index contributed by atoms with van der Waals surface area (Å²) in [6.07, 6.45) is 4.20. The number of hydrogen-bond acceptors (Lipinski definition) is 4. The van der Waals surface area contributed by atoms with E-state index in [0.29, 0.717) is 0 Å². The van der Waals surface area contributed by atoms with Crippen LogP contribution in [0.5, 0.6) is 0 Å². The van der Waals surface area contributed by atoms with Gasteiger partial charge in [0.1, 0.15) is 0 Å². The molecule has 4 aromatic carbocycles. The highest BCUT2D eigenvalue weighted by Gasteiger charge is 2.24. The summed E-state index contributed by atoms with van der Waals surface area (Å²) in [5.41, 5.74) is 16.6. The van der Waals surface area contributed by atoms with E-state index in [1.165, 1.54) is 26.7 Å². The van der Waals surface area contributed by atoms with Crippen molar-refractivity contribution >= 4 is 45.8 Å². The molecule has 1 heterocycles. The van der Waals surface area contributed by atoms with Gasteiger partial charge in [-0.2, -0.15) is 0 Å². The van der Waals surface area contributed by atoms with Gasteiger partial charge in [0, 0.05) is 43.7 Å². The van der Waals surface area contributed by atoms with Crippen molar-refractivity contribution in [2.24, 2.45) is 5.73 Å². The first-order chi connectivity index (χ1) is 17.2. The van der Waals surface area contributed by atoms with Crippen molar-refractivity contribution in [2.75, 3.05) is 10.2 Å². The minimum atomic E-state index is 0.871. The highest BCUT2D eigenvalue weighted by molar-refractivity contribution is 7.99. The number of nitrogens with two attached hydrogens (primary N) is 1. The standard InChI is InChI=1S/C31H27N3S/c1-21-10-8-14-25(32)31(21)24-13-2-3-15-26(24)33-22-11-9-12-23(20-22)34-27-16-4-6-18-29(27)35-30-19-7-5-17-28(30)34/h2-7,9,11-20,33H,8,10,32H2,1H3. The summed E-state index contributed by atoms with van der Waals surface area (Å²) >= 11 is 1.83. The third kappa shape index (κ3) is 4.00. The number of allylic oxidation sites excluding steroid dienone is 3. The predicted octanol–water partition coefficient (Wildman–Crippen LogP) is 8.77. The summed E-state index contributed by atoms with van der Waals surface area (Å²) in [4.78, 5) is 4.88. The first-order valence-electron chi connectivity index (χ1n) is 12.0. The third-order valence-electron chi connectivity index (χ3n) is 6.61. The molecule has 0 unspecified atom stereocenters. The van der Waals surface area contributed by atoms with Crippen LogP contribution in [0.3, 0.4) is 0 Å². The third-order valence-corrected chi connectivity index (χ3v) is 7.74. The molecule has 0 amide bonds. The molecule has 1 aliphatic carbocycles. The lowest BCUT2D eigenvalue weighted by molar-refractivity contribution is 0.949. The van der Waals surface area contributed by atoms with Gasteiger partial charge in [-0.3, -0.25) is 0 Å². The van der Waals surface area contributed by atoms with Crippen LogP contribution in [0.4, 0.5) is 28.4 Å². The Morgan fingerprint density at radius 3 is 2.23 bits per heavy atom. The molecule has 3 N–H and O–H groups in total. The molecule has 3 nitrogen and oxygen atoms in total. The molecule has 0 spiro atoms. The van der Waals surface area contributed by atoms with E-state index in [4.69, 9.17) is 5.73 Å². The zero-order valence-corrected chi connectivity index (χ0v) is 20.5. The first kappa shape index (κ1) is 21.6. The van der Waals surface area contributed by atoms with Crippen LogP contribution in [0.1, 0.15) is 25.3 Å². The lowest BCUT2D eigenvalue weighted by atomic mass is 9.90. The largest absolute Gasteiger partial charge is 0.398 e. The molecule has 172 valence electrons. The van der Waals surface area contributed by atoms with Crippen LogP contribution in [0.15, 0.2) is 124 Å². The van der Waals surface area contributed by atoms with E-state index in [-0.39, 0.29) is 0 Å². The van der Waals surface area contributed by atoms with E-state index >= 15 is 0 Å². The van der Waals surface area contributed by atoms with Crippen LogP contribution in [-0.4, -0.2) is 0 Å². The van der Waals surface area contributed by atoms with Crippen molar-refractivity contribution in [1.29, 1.82) is 0 Å². The van der Waals surface area contributed by atoms with Gasteiger partial charge in [0.05, 0.1) is 11.4 Å². The fourth-order valence-electron chi connectivity index (χ4n) is 4.97. The normalized spacial score (nSPS) is 14.8. The second kappa shape index (κ2) is 9.05. The maximum absolute atomic E-state index is 6.44. The molecule has 35 heavy (non-hydrogen) atoms. The van der Waals surface area contributed by atoms with Crippen molar-refractivity contribution in [2.45, 2.75) is 29.6 Å². The number of nitrogens with one attached hydrogen (secondary N) is 1. The van der Waals surface area contributed by atoms with Crippen molar-refractivity contribution < 1.29 is 0 Å². The number of rotatable bonds is 4.